The summed E-state index contributed by atoms with van der Waals surface area (Å²) in [4.78, 5) is 16.4. The second kappa shape index (κ2) is 7.63. The largest absolute Gasteiger partial charge is 0.497 e. The Morgan fingerprint density at radius 3 is 2.19 bits per heavy atom. The van der Waals surface area contributed by atoms with Crippen LogP contribution in [0.2, 0.25) is 0 Å². The molecule has 0 saturated carbocycles. The molecule has 1 heterocycles. The molecule has 3 aromatic rings. The van der Waals surface area contributed by atoms with Gasteiger partial charge in [0.05, 0.1) is 19.9 Å². The van der Waals surface area contributed by atoms with Crippen LogP contribution in [0.25, 0.3) is 5.69 Å². The van der Waals surface area contributed by atoms with Crippen LogP contribution in [-0.2, 0) is 0 Å². The van der Waals surface area contributed by atoms with E-state index in [4.69, 9.17) is 9.47 Å². The van der Waals surface area contributed by atoms with Gasteiger partial charge in [-0.3, -0.25) is 4.79 Å². The summed E-state index contributed by atoms with van der Waals surface area (Å²) in [6.07, 6.45) is 0. The second-order valence-electron chi connectivity index (χ2n) is 5.07. The highest BCUT2D eigenvalue weighted by Crippen LogP contribution is 2.15. The Morgan fingerprint density at radius 1 is 1.08 bits per heavy atom. The van der Waals surface area contributed by atoms with E-state index in [0.717, 1.165) is 17.2 Å². The number of aromatic nitrogens is 2. The van der Waals surface area contributed by atoms with Gasteiger partial charge < -0.3 is 9.47 Å². The third-order valence-electron chi connectivity index (χ3n) is 3.51. The Hall–Kier alpha value is -3.44. The number of methoxy groups -OCH3 is 2. The van der Waals surface area contributed by atoms with Gasteiger partial charge in [-0.25, -0.2) is 0 Å². The molecule has 2 aromatic carbocycles. The maximum absolute atomic E-state index is 12.3. The lowest BCUT2D eigenvalue weighted by Gasteiger charge is -2.01. The van der Waals surface area contributed by atoms with E-state index >= 15 is 0 Å². The van der Waals surface area contributed by atoms with Crippen LogP contribution in [0.4, 0.5) is 0 Å². The summed E-state index contributed by atoms with van der Waals surface area (Å²) < 4.78 is 12.0. The maximum atomic E-state index is 12.3. The van der Waals surface area contributed by atoms with Crippen LogP contribution < -0.4 is 14.1 Å². The molecule has 8 heteroatoms. The highest BCUT2D eigenvalue weighted by atomic mass is 32.1. The Morgan fingerprint density at radius 2 is 1.65 bits per heavy atom. The third kappa shape index (κ3) is 3.63. The quantitative estimate of drug-likeness (QED) is 0.708. The Kier molecular flexibility index (Phi) is 5.10. The number of nitriles is 1. The van der Waals surface area contributed by atoms with Crippen LogP contribution in [0, 0.1) is 11.3 Å². The zero-order valence-corrected chi connectivity index (χ0v) is 14.9. The molecule has 0 aliphatic rings. The van der Waals surface area contributed by atoms with E-state index in [9.17, 15) is 10.1 Å². The molecule has 0 radical (unpaired) electrons. The summed E-state index contributed by atoms with van der Waals surface area (Å²) in [5.74, 6) is 0.912. The number of amides is 1. The van der Waals surface area contributed by atoms with E-state index in [1.165, 1.54) is 4.07 Å². The van der Waals surface area contributed by atoms with Crippen LogP contribution >= 0.6 is 11.5 Å². The first-order chi connectivity index (χ1) is 12.6. The van der Waals surface area contributed by atoms with Crippen molar-refractivity contribution in [2.75, 3.05) is 14.2 Å². The number of ether oxygens (including phenoxy) is 2. The molecule has 26 heavy (non-hydrogen) atoms. The lowest BCUT2D eigenvalue weighted by atomic mass is 10.2. The lowest BCUT2D eigenvalue weighted by molar-refractivity contribution is 0.0999. The Labute approximate surface area is 153 Å². The van der Waals surface area contributed by atoms with E-state index in [1.807, 2.05) is 6.07 Å². The molecule has 0 aliphatic carbocycles. The predicted molar refractivity (Wildman–Crippen MR) is 95.6 cm³/mol. The van der Waals surface area contributed by atoms with Crippen molar-refractivity contribution in [1.82, 2.24) is 9.17 Å². The van der Waals surface area contributed by atoms with Crippen LogP contribution in [0.5, 0.6) is 11.5 Å². The predicted octanol–water partition coefficient (Wildman–Crippen LogP) is 2.56. The standard InChI is InChI=1S/C18H14N4O3S/c1-24-14-7-3-12(4-8-14)17(23)20-18-16(11-19)21-22(26-18)13-5-9-15(25-2)10-6-13/h3-10H,1-2H3. The molecule has 0 saturated heterocycles. The molecule has 0 N–H and O–H groups in total. The van der Waals surface area contributed by atoms with Crippen LogP contribution in [0.3, 0.4) is 0 Å². The average Bonchev–Trinajstić information content (AvgIpc) is 3.10. The van der Waals surface area contributed by atoms with Crippen molar-refractivity contribution < 1.29 is 14.3 Å². The van der Waals surface area contributed by atoms with E-state index in [0.29, 0.717) is 17.1 Å². The van der Waals surface area contributed by atoms with E-state index in [1.54, 1.807) is 62.8 Å². The molecule has 1 amide bonds. The number of nitrogens with zero attached hydrogens (tertiary/aromatic N) is 4. The van der Waals surface area contributed by atoms with Crippen LogP contribution in [0.1, 0.15) is 16.1 Å². The van der Waals surface area contributed by atoms with Gasteiger partial charge in [0.15, 0.2) is 10.4 Å². The van der Waals surface area contributed by atoms with Gasteiger partial charge in [-0.2, -0.15) is 14.3 Å². The summed E-state index contributed by atoms with van der Waals surface area (Å²) >= 11 is 1.11. The maximum Gasteiger partial charge on any atom is 0.278 e. The minimum Gasteiger partial charge on any atom is -0.497 e. The Bertz CT molecular complexity index is 1030. The smallest absolute Gasteiger partial charge is 0.278 e. The average molecular weight is 366 g/mol. The molecule has 0 atom stereocenters. The first-order valence-electron chi connectivity index (χ1n) is 7.53. The summed E-state index contributed by atoms with van der Waals surface area (Å²) in [5, 5.41) is 13.5. The fourth-order valence-electron chi connectivity index (χ4n) is 2.13. The molecular weight excluding hydrogens is 352 g/mol. The highest BCUT2D eigenvalue weighted by molar-refractivity contribution is 7.04. The zero-order chi connectivity index (χ0) is 18.5. The molecular formula is C18H14N4O3S. The van der Waals surface area contributed by atoms with Crippen molar-refractivity contribution in [3.8, 4) is 23.3 Å². The van der Waals surface area contributed by atoms with Crippen molar-refractivity contribution in [2.24, 2.45) is 4.99 Å². The molecule has 3 rings (SSSR count). The van der Waals surface area contributed by atoms with Crippen molar-refractivity contribution in [3.05, 3.63) is 64.5 Å². The lowest BCUT2D eigenvalue weighted by Crippen LogP contribution is -2.06. The monoisotopic (exact) mass is 366 g/mol. The number of hydrogen-bond donors (Lipinski definition) is 0. The van der Waals surface area contributed by atoms with Gasteiger partial charge in [-0.05, 0) is 60.1 Å². The fraction of sp³-hybridized carbons (Fsp3) is 0.111. The number of benzene rings is 2. The van der Waals surface area contributed by atoms with Crippen molar-refractivity contribution in [2.45, 2.75) is 0 Å². The number of carbonyl (C=O) groups excluding carboxylic acids is 1. The fourth-order valence-corrected chi connectivity index (χ4v) is 2.94. The topological polar surface area (TPSA) is 89.5 Å². The molecule has 0 unspecified atom stereocenters. The first-order valence-corrected chi connectivity index (χ1v) is 8.30. The molecule has 0 spiro atoms. The van der Waals surface area contributed by atoms with Gasteiger partial charge in [0.2, 0.25) is 0 Å². The molecule has 0 bridgehead atoms. The van der Waals surface area contributed by atoms with Gasteiger partial charge in [0, 0.05) is 5.56 Å². The highest BCUT2D eigenvalue weighted by Gasteiger charge is 2.10. The Balaban J connectivity index is 1.95. The van der Waals surface area contributed by atoms with Crippen molar-refractivity contribution >= 4 is 17.4 Å². The summed E-state index contributed by atoms with van der Waals surface area (Å²) in [6.45, 7) is 0. The zero-order valence-electron chi connectivity index (χ0n) is 14.0. The molecule has 0 aliphatic heterocycles. The van der Waals surface area contributed by atoms with Crippen LogP contribution in [0.15, 0.2) is 53.5 Å². The second-order valence-corrected chi connectivity index (χ2v) is 5.99. The minimum atomic E-state index is -0.449. The van der Waals surface area contributed by atoms with E-state index in [2.05, 4.69) is 10.1 Å². The minimum absolute atomic E-state index is 0.0904. The van der Waals surface area contributed by atoms with Gasteiger partial charge in [0.25, 0.3) is 5.91 Å². The first kappa shape index (κ1) is 17.4. The molecule has 130 valence electrons. The molecule has 1 aromatic heterocycles. The van der Waals surface area contributed by atoms with Gasteiger partial charge >= 0.3 is 0 Å². The SMILES string of the molecule is COc1ccc(C(=O)N=c2sn(-c3ccc(OC)cc3)nc2C#N)cc1. The van der Waals surface area contributed by atoms with Crippen molar-refractivity contribution in [1.29, 1.82) is 5.26 Å². The summed E-state index contributed by atoms with van der Waals surface area (Å²) in [7, 11) is 3.14. The summed E-state index contributed by atoms with van der Waals surface area (Å²) in [6, 6.07) is 15.8. The normalized spacial score (nSPS) is 11.0. The molecule has 7 nitrogen and oxygen atoms in total. The third-order valence-corrected chi connectivity index (χ3v) is 4.43. The number of rotatable bonds is 4. The van der Waals surface area contributed by atoms with Gasteiger partial charge in [-0.15, -0.1) is 5.10 Å². The van der Waals surface area contributed by atoms with Crippen molar-refractivity contribution in [3.63, 3.8) is 0 Å². The van der Waals surface area contributed by atoms with E-state index in [-0.39, 0.29) is 10.4 Å². The number of carbonyl (C=O) groups is 1. The van der Waals surface area contributed by atoms with Crippen LogP contribution in [-0.4, -0.2) is 29.3 Å². The summed E-state index contributed by atoms with van der Waals surface area (Å²) in [5.41, 5.74) is 1.23. The number of hydrogen-bond acceptors (Lipinski definition) is 6. The van der Waals surface area contributed by atoms with E-state index < -0.39 is 5.91 Å². The van der Waals surface area contributed by atoms with Gasteiger partial charge in [-0.1, -0.05) is 0 Å². The molecule has 0 fully saturated rings. The van der Waals surface area contributed by atoms with Gasteiger partial charge in [0.1, 0.15) is 17.6 Å².